The second-order valence-electron chi connectivity index (χ2n) is 7.05. The number of hydrogen-bond acceptors (Lipinski definition) is 4. The van der Waals surface area contributed by atoms with E-state index in [1.807, 2.05) is 55.6 Å². The highest BCUT2D eigenvalue weighted by molar-refractivity contribution is 5.86. The second-order valence-corrected chi connectivity index (χ2v) is 7.05. The molecule has 1 aliphatic rings. The average Bonchev–Trinajstić information content (AvgIpc) is 3.31. The van der Waals surface area contributed by atoms with Crippen LogP contribution in [-0.2, 0) is 18.4 Å². The minimum absolute atomic E-state index is 0.0176. The van der Waals surface area contributed by atoms with Gasteiger partial charge in [-0.25, -0.2) is 9.48 Å². The number of carbonyl (C=O) groups excluding carboxylic acids is 1. The van der Waals surface area contributed by atoms with E-state index in [0.29, 0.717) is 19.5 Å². The summed E-state index contributed by atoms with van der Waals surface area (Å²) in [6.07, 6.45) is -0.592. The van der Waals surface area contributed by atoms with Crippen molar-refractivity contribution < 1.29 is 14.7 Å². The lowest BCUT2D eigenvalue weighted by atomic mass is 9.96. The maximum absolute atomic E-state index is 12.7. The zero-order valence-electron chi connectivity index (χ0n) is 15.4. The summed E-state index contributed by atoms with van der Waals surface area (Å²) in [6.45, 7) is 0.633. The highest BCUT2D eigenvalue weighted by Gasteiger charge is 2.40. The summed E-state index contributed by atoms with van der Waals surface area (Å²) in [4.78, 5) is 25.6. The van der Waals surface area contributed by atoms with E-state index in [1.54, 1.807) is 4.68 Å². The van der Waals surface area contributed by atoms with Gasteiger partial charge < -0.3 is 10.4 Å². The Morgan fingerprint density at radius 3 is 2.75 bits per heavy atom. The predicted octanol–water partition coefficient (Wildman–Crippen LogP) is 2.12. The molecule has 0 bridgehead atoms. The Bertz CT molecular complexity index is 1020. The topological polar surface area (TPSA) is 100 Å². The van der Waals surface area contributed by atoms with E-state index in [1.165, 1.54) is 4.90 Å². The van der Waals surface area contributed by atoms with Gasteiger partial charge in [-0.1, -0.05) is 41.6 Å². The van der Waals surface area contributed by atoms with Gasteiger partial charge in [-0.05, 0) is 29.7 Å². The van der Waals surface area contributed by atoms with Gasteiger partial charge >= 0.3 is 6.09 Å². The van der Waals surface area contributed by atoms with Crippen molar-refractivity contribution in [3.8, 4) is 0 Å². The third-order valence-electron chi connectivity index (χ3n) is 5.26. The smallest absolute Gasteiger partial charge is 0.408 e. The molecule has 2 aromatic carbocycles. The molecule has 1 fully saturated rings. The van der Waals surface area contributed by atoms with E-state index in [2.05, 4.69) is 15.6 Å². The lowest BCUT2D eigenvalue weighted by Crippen LogP contribution is -2.45. The molecule has 0 unspecified atom stereocenters. The van der Waals surface area contributed by atoms with Gasteiger partial charge in [0.15, 0.2) is 0 Å². The van der Waals surface area contributed by atoms with Crippen molar-refractivity contribution in [2.24, 2.45) is 7.05 Å². The van der Waals surface area contributed by atoms with Crippen LogP contribution in [-0.4, -0.2) is 49.6 Å². The Hall–Kier alpha value is -3.42. The summed E-state index contributed by atoms with van der Waals surface area (Å²) in [5.41, 5.74) is 3.61. The Labute approximate surface area is 161 Å². The molecule has 3 aromatic rings. The van der Waals surface area contributed by atoms with Gasteiger partial charge in [-0.2, -0.15) is 0 Å². The molecule has 4 rings (SSSR count). The van der Waals surface area contributed by atoms with Crippen molar-refractivity contribution in [1.82, 2.24) is 25.2 Å². The third-order valence-corrected chi connectivity index (χ3v) is 5.26. The molecule has 0 spiro atoms. The van der Waals surface area contributed by atoms with Crippen molar-refractivity contribution in [1.29, 1.82) is 0 Å². The van der Waals surface area contributed by atoms with Crippen LogP contribution >= 0.6 is 0 Å². The summed E-state index contributed by atoms with van der Waals surface area (Å²) in [5, 5.41) is 20.4. The Morgan fingerprint density at radius 1 is 1.21 bits per heavy atom. The SMILES string of the molecule is Cn1nnc2cc(CNC(=O)[C@@H]3C[C@@H](c4ccccc4)CN3C(=O)O)ccc21. The second kappa shape index (κ2) is 7.30. The monoisotopic (exact) mass is 379 g/mol. The van der Waals surface area contributed by atoms with Gasteiger partial charge in [0.1, 0.15) is 11.6 Å². The van der Waals surface area contributed by atoms with Crippen LogP contribution in [0.4, 0.5) is 4.79 Å². The highest BCUT2D eigenvalue weighted by Crippen LogP contribution is 2.31. The van der Waals surface area contributed by atoms with E-state index in [-0.39, 0.29) is 11.8 Å². The summed E-state index contributed by atoms with van der Waals surface area (Å²) >= 11 is 0. The number of nitrogens with one attached hydrogen (secondary N) is 1. The standard InChI is InChI=1S/C20H21N5O3/c1-24-17-8-7-13(9-16(17)22-23-24)11-21-19(26)18-10-15(12-25(18)20(27)28)14-5-3-2-4-6-14/h2-9,15,18H,10-12H2,1H3,(H,21,26)(H,27,28)/t15-,18+/m1/s1. The van der Waals surface area contributed by atoms with E-state index in [4.69, 9.17) is 0 Å². The molecule has 2 amide bonds. The van der Waals surface area contributed by atoms with Crippen LogP contribution in [0, 0.1) is 0 Å². The maximum Gasteiger partial charge on any atom is 0.408 e. The van der Waals surface area contributed by atoms with Gasteiger partial charge in [-0.15, -0.1) is 5.10 Å². The fourth-order valence-corrected chi connectivity index (χ4v) is 3.77. The lowest BCUT2D eigenvalue weighted by molar-refractivity contribution is -0.125. The number of carbonyl (C=O) groups is 2. The zero-order chi connectivity index (χ0) is 19.7. The predicted molar refractivity (Wildman–Crippen MR) is 103 cm³/mol. The first-order valence-electron chi connectivity index (χ1n) is 9.13. The number of likely N-dealkylation sites (tertiary alicyclic amines) is 1. The van der Waals surface area contributed by atoms with Gasteiger partial charge in [-0.3, -0.25) is 9.69 Å². The minimum Gasteiger partial charge on any atom is -0.465 e. The van der Waals surface area contributed by atoms with Crippen LogP contribution in [0.15, 0.2) is 48.5 Å². The van der Waals surface area contributed by atoms with E-state index in [0.717, 1.165) is 22.2 Å². The zero-order valence-corrected chi connectivity index (χ0v) is 15.4. The van der Waals surface area contributed by atoms with Crippen molar-refractivity contribution in [2.45, 2.75) is 24.9 Å². The van der Waals surface area contributed by atoms with Gasteiger partial charge in [0.25, 0.3) is 0 Å². The molecule has 0 saturated carbocycles. The number of benzene rings is 2. The largest absolute Gasteiger partial charge is 0.465 e. The molecule has 0 radical (unpaired) electrons. The molecule has 2 N–H and O–H groups in total. The van der Waals surface area contributed by atoms with Gasteiger partial charge in [0.05, 0.1) is 5.52 Å². The minimum atomic E-state index is -1.07. The fraction of sp³-hybridized carbons (Fsp3) is 0.300. The lowest BCUT2D eigenvalue weighted by Gasteiger charge is -2.20. The van der Waals surface area contributed by atoms with Crippen LogP contribution in [0.5, 0.6) is 0 Å². The molecule has 8 heteroatoms. The number of aryl methyl sites for hydroxylation is 1. The van der Waals surface area contributed by atoms with Crippen LogP contribution in [0.25, 0.3) is 11.0 Å². The number of nitrogens with zero attached hydrogens (tertiary/aromatic N) is 4. The van der Waals surface area contributed by atoms with Crippen molar-refractivity contribution in [2.75, 3.05) is 6.54 Å². The van der Waals surface area contributed by atoms with Crippen LogP contribution in [0.1, 0.15) is 23.5 Å². The number of hydrogen-bond donors (Lipinski definition) is 2. The molecular formula is C20H21N5O3. The molecule has 0 aliphatic carbocycles. The Kier molecular flexibility index (Phi) is 4.68. The quantitative estimate of drug-likeness (QED) is 0.723. The molecule has 2 heterocycles. The molecule has 2 atom stereocenters. The highest BCUT2D eigenvalue weighted by atomic mass is 16.4. The molecule has 28 heavy (non-hydrogen) atoms. The van der Waals surface area contributed by atoms with Crippen molar-refractivity contribution >= 4 is 23.0 Å². The van der Waals surface area contributed by atoms with Gasteiger partial charge in [0, 0.05) is 26.1 Å². The first kappa shape index (κ1) is 18.0. The molecule has 8 nitrogen and oxygen atoms in total. The van der Waals surface area contributed by atoms with Crippen molar-refractivity contribution in [3.63, 3.8) is 0 Å². The van der Waals surface area contributed by atoms with Crippen molar-refractivity contribution in [3.05, 3.63) is 59.7 Å². The normalized spacial score (nSPS) is 19.1. The van der Waals surface area contributed by atoms with Crippen LogP contribution in [0.2, 0.25) is 0 Å². The molecule has 1 aromatic heterocycles. The van der Waals surface area contributed by atoms with Gasteiger partial charge in [0.2, 0.25) is 5.91 Å². The molecule has 1 saturated heterocycles. The first-order valence-corrected chi connectivity index (χ1v) is 9.13. The third kappa shape index (κ3) is 3.40. The van der Waals surface area contributed by atoms with E-state index >= 15 is 0 Å². The molecule has 144 valence electrons. The van der Waals surface area contributed by atoms with Crippen LogP contribution in [0.3, 0.4) is 0 Å². The number of carboxylic acid groups (broad SMARTS) is 1. The molecule has 1 aliphatic heterocycles. The summed E-state index contributed by atoms with van der Waals surface area (Å²) < 4.78 is 1.69. The molecular weight excluding hydrogens is 358 g/mol. The first-order chi connectivity index (χ1) is 13.5. The number of rotatable bonds is 4. The Morgan fingerprint density at radius 2 is 2.00 bits per heavy atom. The summed E-state index contributed by atoms with van der Waals surface area (Å²) in [6, 6.07) is 14.7. The number of aromatic nitrogens is 3. The van der Waals surface area contributed by atoms with Crippen LogP contribution < -0.4 is 5.32 Å². The maximum atomic E-state index is 12.7. The summed E-state index contributed by atoms with van der Waals surface area (Å²) in [7, 11) is 1.82. The number of fused-ring (bicyclic) bond motifs is 1. The number of amides is 2. The van der Waals surface area contributed by atoms with E-state index < -0.39 is 12.1 Å². The average molecular weight is 379 g/mol. The fourth-order valence-electron chi connectivity index (χ4n) is 3.77. The summed E-state index contributed by atoms with van der Waals surface area (Å²) in [5.74, 6) is -0.260. The van der Waals surface area contributed by atoms with E-state index in [9.17, 15) is 14.7 Å². The Balaban J connectivity index is 1.45.